The van der Waals surface area contributed by atoms with Gasteiger partial charge < -0.3 is 5.73 Å². The molecule has 0 aliphatic heterocycles. The highest BCUT2D eigenvalue weighted by atomic mass is 16.1. The van der Waals surface area contributed by atoms with Crippen LogP contribution >= 0.6 is 0 Å². The van der Waals surface area contributed by atoms with E-state index in [4.69, 9.17) is 5.73 Å². The zero-order valence-electron chi connectivity index (χ0n) is 8.94. The Bertz CT molecular complexity index is 257. The number of rotatable bonds is 3. The van der Waals surface area contributed by atoms with Gasteiger partial charge in [0.15, 0.2) is 0 Å². The normalized spacial score (nSPS) is 37.6. The Morgan fingerprint density at radius 1 is 1.36 bits per heavy atom. The van der Waals surface area contributed by atoms with E-state index in [1.165, 1.54) is 6.08 Å². The lowest BCUT2D eigenvalue weighted by molar-refractivity contribution is -0.113. The Labute approximate surface area is 85.9 Å². The number of primary amides is 1. The van der Waals surface area contributed by atoms with Crippen LogP contribution in [0.15, 0.2) is 24.8 Å². The van der Waals surface area contributed by atoms with Crippen LogP contribution in [0.2, 0.25) is 0 Å². The summed E-state index contributed by atoms with van der Waals surface area (Å²) in [7, 11) is 0. The van der Waals surface area contributed by atoms with Gasteiger partial charge in [0.25, 0.3) is 0 Å². The summed E-state index contributed by atoms with van der Waals surface area (Å²) in [4.78, 5) is 10.6. The highest BCUT2D eigenvalue weighted by molar-refractivity contribution is 5.85. The maximum Gasteiger partial charge on any atom is 0.241 e. The predicted octanol–water partition coefficient (Wildman–Crippen LogP) is 2.12. The lowest BCUT2D eigenvalue weighted by Gasteiger charge is -2.15. The molecule has 0 spiro atoms. The van der Waals surface area contributed by atoms with Crippen molar-refractivity contribution in [2.75, 3.05) is 0 Å². The fourth-order valence-corrected chi connectivity index (χ4v) is 2.31. The van der Waals surface area contributed by atoms with Gasteiger partial charge in [-0.2, -0.15) is 0 Å². The molecule has 1 rings (SSSR count). The first-order valence-electron chi connectivity index (χ1n) is 5.16. The quantitative estimate of drug-likeness (QED) is 0.541. The van der Waals surface area contributed by atoms with Crippen LogP contribution in [0, 0.1) is 23.7 Å². The van der Waals surface area contributed by atoms with Crippen molar-refractivity contribution < 1.29 is 4.79 Å². The first-order valence-corrected chi connectivity index (χ1v) is 5.16. The Hall–Kier alpha value is -1.05. The lowest BCUT2D eigenvalue weighted by atomic mass is 9.90. The molecule has 0 aromatic rings. The number of carbonyl (C=O) groups is 1. The minimum Gasteiger partial charge on any atom is -0.366 e. The van der Waals surface area contributed by atoms with Crippen LogP contribution in [-0.4, -0.2) is 5.91 Å². The molecule has 78 valence electrons. The van der Waals surface area contributed by atoms with E-state index in [-0.39, 0.29) is 5.91 Å². The molecule has 0 bridgehead atoms. The van der Waals surface area contributed by atoms with Crippen molar-refractivity contribution in [1.82, 2.24) is 0 Å². The molecule has 14 heavy (non-hydrogen) atoms. The fourth-order valence-electron chi connectivity index (χ4n) is 2.31. The van der Waals surface area contributed by atoms with E-state index in [1.807, 2.05) is 12.2 Å². The molecule has 4 atom stereocenters. The molecule has 0 heterocycles. The molecule has 1 amide bonds. The third-order valence-corrected chi connectivity index (χ3v) is 3.53. The van der Waals surface area contributed by atoms with E-state index in [0.29, 0.717) is 23.7 Å². The smallest absolute Gasteiger partial charge is 0.241 e. The fraction of sp³-hybridized carbons (Fsp3) is 0.583. The van der Waals surface area contributed by atoms with Crippen LogP contribution in [0.1, 0.15) is 20.3 Å². The molecule has 0 aromatic heterocycles. The van der Waals surface area contributed by atoms with Crippen LogP contribution in [0.5, 0.6) is 0 Å². The molecule has 0 radical (unpaired) electrons. The van der Waals surface area contributed by atoms with E-state index in [1.54, 1.807) is 0 Å². The Morgan fingerprint density at radius 3 is 2.36 bits per heavy atom. The summed E-state index contributed by atoms with van der Waals surface area (Å²) in [5.74, 6) is 1.95. The van der Waals surface area contributed by atoms with E-state index in [0.717, 1.165) is 6.42 Å². The third-order valence-electron chi connectivity index (χ3n) is 3.53. The maximum atomic E-state index is 10.6. The molecule has 2 N–H and O–H groups in total. The van der Waals surface area contributed by atoms with Crippen molar-refractivity contribution in [2.24, 2.45) is 29.4 Å². The lowest BCUT2D eigenvalue weighted by Crippen LogP contribution is -2.10. The summed E-state index contributed by atoms with van der Waals surface area (Å²) >= 11 is 0. The molecule has 2 heteroatoms. The van der Waals surface area contributed by atoms with E-state index >= 15 is 0 Å². The first kappa shape index (κ1) is 11.0. The van der Waals surface area contributed by atoms with E-state index in [2.05, 4.69) is 20.4 Å². The third kappa shape index (κ3) is 2.25. The molecule has 4 unspecified atom stereocenters. The van der Waals surface area contributed by atoms with Gasteiger partial charge in [-0.25, -0.2) is 0 Å². The second-order valence-electron chi connectivity index (χ2n) is 4.28. The summed E-state index contributed by atoms with van der Waals surface area (Å²) in [6.07, 6.45) is 6.56. The summed E-state index contributed by atoms with van der Waals surface area (Å²) < 4.78 is 0. The van der Waals surface area contributed by atoms with Gasteiger partial charge in [-0.15, -0.1) is 6.58 Å². The number of carbonyl (C=O) groups excluding carboxylic acids is 1. The standard InChI is InChI=1S/C12H19NO/c1-4-10-7-11(5-6-12(13)14)9(3)8(10)2/h4-6,8-11H,1,7H2,2-3H3,(H2,13,14)/b6-5+. The van der Waals surface area contributed by atoms with Crippen molar-refractivity contribution >= 4 is 5.91 Å². The van der Waals surface area contributed by atoms with Crippen LogP contribution in [0.3, 0.4) is 0 Å². The maximum absolute atomic E-state index is 10.6. The minimum atomic E-state index is -0.355. The number of nitrogens with two attached hydrogens (primary N) is 1. The zero-order valence-corrected chi connectivity index (χ0v) is 8.94. The van der Waals surface area contributed by atoms with Crippen LogP contribution in [0.4, 0.5) is 0 Å². The van der Waals surface area contributed by atoms with Crippen molar-refractivity contribution in [3.63, 3.8) is 0 Å². The Kier molecular flexibility index (Phi) is 3.50. The topological polar surface area (TPSA) is 43.1 Å². The second-order valence-corrected chi connectivity index (χ2v) is 4.28. The number of hydrogen-bond acceptors (Lipinski definition) is 1. The van der Waals surface area contributed by atoms with Crippen LogP contribution in [0.25, 0.3) is 0 Å². The van der Waals surface area contributed by atoms with Gasteiger partial charge in [-0.1, -0.05) is 26.0 Å². The molecule has 2 nitrogen and oxygen atoms in total. The second kappa shape index (κ2) is 4.45. The van der Waals surface area contributed by atoms with Crippen molar-refractivity contribution in [3.8, 4) is 0 Å². The molecule has 0 aromatic carbocycles. The average Bonchev–Trinajstić information content (AvgIpc) is 2.41. The molecule has 1 saturated carbocycles. The highest BCUT2D eigenvalue weighted by Crippen LogP contribution is 2.42. The van der Waals surface area contributed by atoms with Crippen LogP contribution in [-0.2, 0) is 4.79 Å². The zero-order chi connectivity index (χ0) is 10.7. The average molecular weight is 193 g/mol. The molecule has 1 fully saturated rings. The van der Waals surface area contributed by atoms with Gasteiger partial charge in [0.1, 0.15) is 0 Å². The van der Waals surface area contributed by atoms with Crippen molar-refractivity contribution in [1.29, 1.82) is 0 Å². The number of hydrogen-bond donors (Lipinski definition) is 1. The van der Waals surface area contributed by atoms with Gasteiger partial charge in [0.05, 0.1) is 0 Å². The highest BCUT2D eigenvalue weighted by Gasteiger charge is 2.34. The Morgan fingerprint density at radius 2 is 1.93 bits per heavy atom. The molecule has 0 saturated heterocycles. The van der Waals surface area contributed by atoms with Crippen LogP contribution < -0.4 is 5.73 Å². The summed E-state index contributed by atoms with van der Waals surface area (Å²) in [6, 6.07) is 0. The number of amides is 1. The molecular formula is C12H19NO. The summed E-state index contributed by atoms with van der Waals surface area (Å²) in [6.45, 7) is 8.31. The van der Waals surface area contributed by atoms with E-state index < -0.39 is 0 Å². The minimum absolute atomic E-state index is 0.355. The largest absolute Gasteiger partial charge is 0.366 e. The van der Waals surface area contributed by atoms with Crippen molar-refractivity contribution in [3.05, 3.63) is 24.8 Å². The molecule has 1 aliphatic carbocycles. The molecular weight excluding hydrogens is 174 g/mol. The van der Waals surface area contributed by atoms with Gasteiger partial charge in [0.2, 0.25) is 5.91 Å². The van der Waals surface area contributed by atoms with Gasteiger partial charge >= 0.3 is 0 Å². The van der Waals surface area contributed by atoms with Gasteiger partial charge in [-0.05, 0) is 36.2 Å². The SMILES string of the molecule is C=CC1CC(/C=C/C(N)=O)C(C)C1C. The van der Waals surface area contributed by atoms with Crippen molar-refractivity contribution in [2.45, 2.75) is 20.3 Å². The monoisotopic (exact) mass is 193 g/mol. The molecule has 1 aliphatic rings. The first-order chi connectivity index (χ1) is 6.56. The summed E-state index contributed by atoms with van der Waals surface area (Å²) in [5.41, 5.74) is 5.07. The van der Waals surface area contributed by atoms with Gasteiger partial charge in [-0.3, -0.25) is 4.79 Å². The predicted molar refractivity (Wildman–Crippen MR) is 58.5 cm³/mol. The van der Waals surface area contributed by atoms with E-state index in [9.17, 15) is 4.79 Å². The van der Waals surface area contributed by atoms with Gasteiger partial charge in [0, 0.05) is 0 Å². The summed E-state index contributed by atoms with van der Waals surface area (Å²) in [5, 5.41) is 0. The number of allylic oxidation sites excluding steroid dienone is 2. The Balaban J connectivity index is 2.65.